The van der Waals surface area contributed by atoms with Crippen LogP contribution in [0.1, 0.15) is 18.1 Å². The van der Waals surface area contributed by atoms with Crippen molar-refractivity contribution in [2.75, 3.05) is 14.2 Å². The maximum Gasteiger partial charge on any atom is 0.311 e. The Morgan fingerprint density at radius 2 is 2.15 bits per heavy atom. The van der Waals surface area contributed by atoms with Crippen molar-refractivity contribution in [1.29, 1.82) is 0 Å². The molecule has 0 aliphatic heterocycles. The second-order valence-electron chi connectivity index (χ2n) is 4.08. The standard InChI is InChI=1S/C12H16N2O6/c1-19-10-4-3-7(5-9(10)14(17)18)12(16)8(13)6-11(15)20-2/h3-5,8,12,16H,6,13H2,1-2H3. The van der Waals surface area contributed by atoms with Gasteiger partial charge in [-0.2, -0.15) is 0 Å². The van der Waals surface area contributed by atoms with Crippen LogP contribution in [0.15, 0.2) is 18.2 Å². The van der Waals surface area contributed by atoms with E-state index in [1.54, 1.807) is 0 Å². The summed E-state index contributed by atoms with van der Waals surface area (Å²) in [5, 5.41) is 20.9. The number of hydrogen-bond donors (Lipinski definition) is 2. The fraction of sp³-hybridized carbons (Fsp3) is 0.417. The number of aliphatic hydroxyl groups excluding tert-OH is 1. The molecule has 1 rings (SSSR count). The summed E-state index contributed by atoms with van der Waals surface area (Å²) in [7, 11) is 2.51. The first kappa shape index (κ1) is 15.9. The van der Waals surface area contributed by atoms with Crippen molar-refractivity contribution < 1.29 is 24.3 Å². The van der Waals surface area contributed by atoms with E-state index in [2.05, 4.69) is 4.74 Å². The Balaban J connectivity index is 2.98. The van der Waals surface area contributed by atoms with Gasteiger partial charge in [-0.1, -0.05) is 6.07 Å². The zero-order valence-electron chi connectivity index (χ0n) is 11.1. The molecule has 8 nitrogen and oxygen atoms in total. The monoisotopic (exact) mass is 284 g/mol. The summed E-state index contributed by atoms with van der Waals surface area (Å²) in [6, 6.07) is 3.06. The van der Waals surface area contributed by atoms with Crippen LogP contribution in [0, 0.1) is 10.1 Å². The summed E-state index contributed by atoms with van der Waals surface area (Å²) in [6.45, 7) is 0. The van der Waals surface area contributed by atoms with E-state index in [0.29, 0.717) is 0 Å². The first-order chi connectivity index (χ1) is 9.40. The molecule has 110 valence electrons. The molecule has 0 fully saturated rings. The third kappa shape index (κ3) is 3.65. The van der Waals surface area contributed by atoms with E-state index < -0.39 is 23.0 Å². The lowest BCUT2D eigenvalue weighted by atomic mass is 10.00. The molecule has 20 heavy (non-hydrogen) atoms. The Hall–Kier alpha value is -2.19. The molecule has 0 aliphatic carbocycles. The van der Waals surface area contributed by atoms with Crippen LogP contribution in [-0.2, 0) is 9.53 Å². The average molecular weight is 284 g/mol. The molecule has 0 heterocycles. The highest BCUT2D eigenvalue weighted by molar-refractivity contribution is 5.70. The fourth-order valence-electron chi connectivity index (χ4n) is 1.67. The van der Waals surface area contributed by atoms with Gasteiger partial charge in [0.1, 0.15) is 0 Å². The van der Waals surface area contributed by atoms with E-state index in [1.807, 2.05) is 0 Å². The maximum absolute atomic E-state index is 11.1. The molecular formula is C12H16N2O6. The number of esters is 1. The van der Waals surface area contributed by atoms with Crippen molar-refractivity contribution in [2.24, 2.45) is 5.73 Å². The van der Waals surface area contributed by atoms with Crippen LogP contribution in [0.5, 0.6) is 5.75 Å². The number of rotatable bonds is 6. The molecular weight excluding hydrogens is 268 g/mol. The van der Waals surface area contributed by atoms with Crippen LogP contribution < -0.4 is 10.5 Å². The second-order valence-corrected chi connectivity index (χ2v) is 4.08. The molecule has 0 saturated heterocycles. The minimum Gasteiger partial charge on any atom is -0.490 e. The van der Waals surface area contributed by atoms with Gasteiger partial charge in [0.25, 0.3) is 0 Å². The summed E-state index contributed by atoms with van der Waals surface area (Å²) in [4.78, 5) is 21.4. The average Bonchev–Trinajstić information content (AvgIpc) is 2.45. The predicted octanol–water partition coefficient (Wildman–Crippen LogP) is 0.527. The van der Waals surface area contributed by atoms with E-state index in [1.165, 1.54) is 32.4 Å². The van der Waals surface area contributed by atoms with Gasteiger partial charge in [0.15, 0.2) is 5.75 Å². The van der Waals surface area contributed by atoms with Crippen molar-refractivity contribution in [1.82, 2.24) is 0 Å². The van der Waals surface area contributed by atoms with E-state index in [9.17, 15) is 20.0 Å². The van der Waals surface area contributed by atoms with Gasteiger partial charge in [0.2, 0.25) is 0 Å². The maximum atomic E-state index is 11.1. The molecule has 0 aromatic heterocycles. The SMILES string of the molecule is COC(=O)CC(N)C(O)c1ccc(OC)c([N+](=O)[O-])c1. The second kappa shape index (κ2) is 6.83. The third-order valence-corrected chi connectivity index (χ3v) is 2.78. The first-order valence-corrected chi connectivity index (χ1v) is 5.73. The van der Waals surface area contributed by atoms with Crippen LogP contribution in [0.2, 0.25) is 0 Å². The Labute approximate surface area is 115 Å². The van der Waals surface area contributed by atoms with Crippen molar-refractivity contribution in [2.45, 2.75) is 18.6 Å². The molecule has 0 radical (unpaired) electrons. The Morgan fingerprint density at radius 3 is 2.65 bits per heavy atom. The van der Waals surface area contributed by atoms with Crippen LogP contribution in [0.3, 0.4) is 0 Å². The summed E-state index contributed by atoms with van der Waals surface area (Å²) < 4.78 is 9.30. The van der Waals surface area contributed by atoms with Gasteiger partial charge in [-0.25, -0.2) is 0 Å². The number of nitro benzene ring substituents is 1. The van der Waals surface area contributed by atoms with Gasteiger partial charge in [-0.15, -0.1) is 0 Å². The highest BCUT2D eigenvalue weighted by Crippen LogP contribution is 2.30. The number of benzene rings is 1. The van der Waals surface area contributed by atoms with Gasteiger partial charge < -0.3 is 20.3 Å². The fourth-order valence-corrected chi connectivity index (χ4v) is 1.67. The molecule has 0 aliphatic rings. The van der Waals surface area contributed by atoms with Crippen LogP contribution in [-0.4, -0.2) is 36.3 Å². The predicted molar refractivity (Wildman–Crippen MR) is 69.2 cm³/mol. The molecule has 0 spiro atoms. The van der Waals surface area contributed by atoms with E-state index in [-0.39, 0.29) is 23.4 Å². The normalized spacial score (nSPS) is 13.4. The van der Waals surface area contributed by atoms with Gasteiger partial charge >= 0.3 is 11.7 Å². The molecule has 1 aromatic rings. The Bertz CT molecular complexity index is 505. The largest absolute Gasteiger partial charge is 0.490 e. The van der Waals surface area contributed by atoms with Crippen LogP contribution >= 0.6 is 0 Å². The number of aliphatic hydroxyl groups is 1. The smallest absolute Gasteiger partial charge is 0.311 e. The lowest BCUT2D eigenvalue weighted by molar-refractivity contribution is -0.385. The first-order valence-electron chi connectivity index (χ1n) is 5.73. The van der Waals surface area contributed by atoms with Crippen LogP contribution in [0.4, 0.5) is 5.69 Å². The lowest BCUT2D eigenvalue weighted by Gasteiger charge is -2.18. The summed E-state index contributed by atoms with van der Waals surface area (Å²) in [5.41, 5.74) is 5.62. The zero-order chi connectivity index (χ0) is 15.3. The Kier molecular flexibility index (Phi) is 5.42. The number of hydrogen-bond acceptors (Lipinski definition) is 7. The number of ether oxygens (including phenoxy) is 2. The van der Waals surface area contributed by atoms with E-state index >= 15 is 0 Å². The van der Waals surface area contributed by atoms with E-state index in [0.717, 1.165) is 0 Å². The quantitative estimate of drug-likeness (QED) is 0.443. The van der Waals surface area contributed by atoms with Crippen molar-refractivity contribution in [3.63, 3.8) is 0 Å². The lowest BCUT2D eigenvalue weighted by Crippen LogP contribution is -2.31. The molecule has 0 amide bonds. The highest BCUT2D eigenvalue weighted by Gasteiger charge is 2.24. The molecule has 2 atom stereocenters. The molecule has 1 aromatic carbocycles. The molecule has 2 unspecified atom stereocenters. The van der Waals surface area contributed by atoms with E-state index in [4.69, 9.17) is 10.5 Å². The number of carbonyl (C=O) groups excluding carboxylic acids is 1. The molecule has 8 heteroatoms. The van der Waals surface area contributed by atoms with Gasteiger partial charge in [0, 0.05) is 12.1 Å². The Morgan fingerprint density at radius 1 is 1.50 bits per heavy atom. The third-order valence-electron chi connectivity index (χ3n) is 2.78. The number of methoxy groups -OCH3 is 2. The molecule has 0 saturated carbocycles. The number of nitrogens with zero attached hydrogens (tertiary/aromatic N) is 1. The van der Waals surface area contributed by atoms with Crippen LogP contribution in [0.25, 0.3) is 0 Å². The summed E-state index contributed by atoms with van der Waals surface area (Å²) in [5.74, 6) is -0.493. The number of nitro groups is 1. The van der Waals surface area contributed by atoms with Gasteiger partial charge in [-0.3, -0.25) is 14.9 Å². The molecule has 3 N–H and O–H groups in total. The zero-order valence-corrected chi connectivity index (χ0v) is 11.1. The molecule has 0 bridgehead atoms. The minimum atomic E-state index is -1.22. The number of carbonyl (C=O) groups is 1. The van der Waals surface area contributed by atoms with Crippen molar-refractivity contribution in [3.05, 3.63) is 33.9 Å². The van der Waals surface area contributed by atoms with Crippen molar-refractivity contribution >= 4 is 11.7 Å². The summed E-state index contributed by atoms with van der Waals surface area (Å²) >= 11 is 0. The van der Waals surface area contributed by atoms with Crippen molar-refractivity contribution in [3.8, 4) is 5.75 Å². The highest BCUT2D eigenvalue weighted by atomic mass is 16.6. The topological polar surface area (TPSA) is 125 Å². The number of nitrogens with two attached hydrogens (primary N) is 1. The minimum absolute atomic E-state index is 0.0764. The van der Waals surface area contributed by atoms with Gasteiger partial charge in [-0.05, 0) is 11.6 Å². The van der Waals surface area contributed by atoms with Gasteiger partial charge in [0.05, 0.1) is 31.7 Å². The summed E-state index contributed by atoms with van der Waals surface area (Å²) in [6.07, 6.45) is -1.42.